The first kappa shape index (κ1) is 17.5. The van der Waals surface area contributed by atoms with Crippen molar-refractivity contribution in [3.63, 3.8) is 0 Å². The molecule has 0 saturated carbocycles. The molecule has 0 spiro atoms. The normalized spacial score (nSPS) is 10.2. The Labute approximate surface area is 153 Å². The van der Waals surface area contributed by atoms with Gasteiger partial charge in [-0.2, -0.15) is 0 Å². The zero-order valence-corrected chi connectivity index (χ0v) is 14.9. The summed E-state index contributed by atoms with van der Waals surface area (Å²) < 4.78 is 10.9. The topological polar surface area (TPSA) is 47.6 Å². The maximum atomic E-state index is 12.4. The van der Waals surface area contributed by atoms with Crippen molar-refractivity contribution in [3.8, 4) is 22.6 Å². The number of para-hydroxylation sites is 1. The molecule has 0 aromatic heterocycles. The van der Waals surface area contributed by atoms with E-state index in [-0.39, 0.29) is 12.5 Å². The van der Waals surface area contributed by atoms with Crippen LogP contribution in [-0.2, 0) is 4.79 Å². The second kappa shape index (κ2) is 8.21. The fraction of sp³-hybridized carbons (Fsp3) is 0.136. The molecule has 0 radical (unpaired) electrons. The van der Waals surface area contributed by atoms with Crippen molar-refractivity contribution in [3.05, 3.63) is 78.4 Å². The number of aryl methyl sites for hydroxylation is 1. The largest absolute Gasteiger partial charge is 0.493 e. The first-order valence-electron chi connectivity index (χ1n) is 8.39. The predicted octanol–water partition coefficient (Wildman–Crippen LogP) is 4.69. The number of methoxy groups -OCH3 is 1. The average molecular weight is 347 g/mol. The Balaban J connectivity index is 1.70. The molecule has 3 rings (SSSR count). The number of anilines is 1. The van der Waals surface area contributed by atoms with Gasteiger partial charge < -0.3 is 14.8 Å². The van der Waals surface area contributed by atoms with E-state index < -0.39 is 0 Å². The van der Waals surface area contributed by atoms with Crippen molar-refractivity contribution in [2.24, 2.45) is 0 Å². The Hall–Kier alpha value is -3.27. The van der Waals surface area contributed by atoms with E-state index in [1.807, 2.05) is 73.7 Å². The smallest absolute Gasteiger partial charge is 0.262 e. The monoisotopic (exact) mass is 347 g/mol. The summed E-state index contributed by atoms with van der Waals surface area (Å²) in [5.41, 5.74) is 3.83. The number of hydrogen-bond acceptors (Lipinski definition) is 3. The third-order valence-corrected chi connectivity index (χ3v) is 3.96. The van der Waals surface area contributed by atoms with Crippen molar-refractivity contribution in [2.75, 3.05) is 19.0 Å². The highest BCUT2D eigenvalue weighted by Gasteiger charge is 2.10. The average Bonchev–Trinajstić information content (AvgIpc) is 2.68. The first-order valence-corrected chi connectivity index (χ1v) is 8.39. The fourth-order valence-electron chi connectivity index (χ4n) is 2.69. The molecule has 0 aliphatic rings. The molecule has 3 aromatic rings. The van der Waals surface area contributed by atoms with Gasteiger partial charge in [-0.1, -0.05) is 54.6 Å². The molecule has 0 atom stereocenters. The number of benzene rings is 3. The number of nitrogens with one attached hydrogen (secondary N) is 1. The van der Waals surface area contributed by atoms with Gasteiger partial charge in [0, 0.05) is 11.3 Å². The van der Waals surface area contributed by atoms with Gasteiger partial charge in [0.25, 0.3) is 5.91 Å². The van der Waals surface area contributed by atoms with E-state index in [0.717, 1.165) is 22.4 Å². The molecule has 1 N–H and O–H groups in total. The summed E-state index contributed by atoms with van der Waals surface area (Å²) in [6.07, 6.45) is 0. The van der Waals surface area contributed by atoms with E-state index in [1.54, 1.807) is 13.2 Å². The van der Waals surface area contributed by atoms with Gasteiger partial charge >= 0.3 is 0 Å². The Kier molecular flexibility index (Phi) is 5.54. The molecule has 0 bridgehead atoms. The number of hydrogen-bond donors (Lipinski definition) is 1. The van der Waals surface area contributed by atoms with E-state index in [0.29, 0.717) is 11.5 Å². The summed E-state index contributed by atoms with van der Waals surface area (Å²) in [4.78, 5) is 12.4. The van der Waals surface area contributed by atoms with E-state index in [1.165, 1.54) is 0 Å². The summed E-state index contributed by atoms with van der Waals surface area (Å²) >= 11 is 0. The standard InChI is InChI=1S/C22H21NO3/c1-16-12-13-20(21(14-16)25-2)26-15-22(24)23-19-11-7-6-10-18(19)17-8-4-3-5-9-17/h3-14H,15H2,1-2H3,(H,23,24). The number of amides is 1. The minimum absolute atomic E-state index is 0.0947. The van der Waals surface area contributed by atoms with E-state index in [9.17, 15) is 4.79 Å². The molecule has 3 aromatic carbocycles. The maximum Gasteiger partial charge on any atom is 0.262 e. The van der Waals surface area contributed by atoms with Crippen molar-refractivity contribution >= 4 is 11.6 Å². The lowest BCUT2D eigenvalue weighted by Crippen LogP contribution is -2.20. The van der Waals surface area contributed by atoms with Crippen molar-refractivity contribution < 1.29 is 14.3 Å². The Morgan fingerprint density at radius 1 is 0.923 bits per heavy atom. The fourth-order valence-corrected chi connectivity index (χ4v) is 2.69. The molecule has 0 saturated heterocycles. The molecular weight excluding hydrogens is 326 g/mol. The molecule has 0 unspecified atom stereocenters. The zero-order chi connectivity index (χ0) is 18.4. The van der Waals surface area contributed by atoms with Crippen LogP contribution in [0.3, 0.4) is 0 Å². The van der Waals surface area contributed by atoms with Gasteiger partial charge in [-0.3, -0.25) is 4.79 Å². The number of carbonyl (C=O) groups is 1. The van der Waals surface area contributed by atoms with Crippen molar-refractivity contribution in [1.29, 1.82) is 0 Å². The second-order valence-corrected chi connectivity index (χ2v) is 5.90. The maximum absolute atomic E-state index is 12.4. The highest BCUT2D eigenvalue weighted by atomic mass is 16.5. The Morgan fingerprint density at radius 3 is 2.42 bits per heavy atom. The van der Waals surface area contributed by atoms with Crippen LogP contribution in [0.2, 0.25) is 0 Å². The van der Waals surface area contributed by atoms with Crippen LogP contribution in [0.5, 0.6) is 11.5 Å². The molecule has 0 heterocycles. The lowest BCUT2D eigenvalue weighted by Gasteiger charge is -2.13. The van der Waals surface area contributed by atoms with Gasteiger partial charge in [0.15, 0.2) is 18.1 Å². The third kappa shape index (κ3) is 4.22. The molecule has 4 nitrogen and oxygen atoms in total. The molecule has 0 fully saturated rings. The third-order valence-electron chi connectivity index (χ3n) is 3.96. The SMILES string of the molecule is COc1cc(C)ccc1OCC(=O)Nc1ccccc1-c1ccccc1. The molecule has 26 heavy (non-hydrogen) atoms. The van der Waals surface area contributed by atoms with Gasteiger partial charge in [-0.15, -0.1) is 0 Å². The summed E-state index contributed by atoms with van der Waals surface area (Å²) in [6, 6.07) is 23.2. The van der Waals surface area contributed by atoms with E-state index >= 15 is 0 Å². The van der Waals surface area contributed by atoms with Gasteiger partial charge in [0.1, 0.15) is 0 Å². The number of rotatable bonds is 6. The molecule has 132 valence electrons. The molecule has 0 aliphatic carbocycles. The van der Waals surface area contributed by atoms with Crippen LogP contribution in [0.15, 0.2) is 72.8 Å². The lowest BCUT2D eigenvalue weighted by atomic mass is 10.0. The predicted molar refractivity (Wildman–Crippen MR) is 104 cm³/mol. The molecule has 4 heteroatoms. The van der Waals surface area contributed by atoms with Crippen LogP contribution < -0.4 is 14.8 Å². The second-order valence-electron chi connectivity index (χ2n) is 5.90. The first-order chi connectivity index (χ1) is 12.7. The van der Waals surface area contributed by atoms with Crippen molar-refractivity contribution in [1.82, 2.24) is 0 Å². The van der Waals surface area contributed by atoms with Crippen LogP contribution in [0.25, 0.3) is 11.1 Å². The van der Waals surface area contributed by atoms with Crippen molar-refractivity contribution in [2.45, 2.75) is 6.92 Å². The highest BCUT2D eigenvalue weighted by molar-refractivity contribution is 5.96. The van der Waals surface area contributed by atoms with Crippen LogP contribution >= 0.6 is 0 Å². The summed E-state index contributed by atoms with van der Waals surface area (Å²) in [5.74, 6) is 0.933. The number of carbonyl (C=O) groups excluding carboxylic acids is 1. The van der Waals surface area contributed by atoms with Gasteiger partial charge in [-0.05, 0) is 36.2 Å². The summed E-state index contributed by atoms with van der Waals surface area (Å²) in [5, 5.41) is 2.92. The molecule has 0 aliphatic heterocycles. The molecule has 1 amide bonds. The van der Waals surface area contributed by atoms with Gasteiger partial charge in [0.05, 0.1) is 7.11 Å². The lowest BCUT2D eigenvalue weighted by molar-refractivity contribution is -0.118. The van der Waals surface area contributed by atoms with Crippen LogP contribution in [0.4, 0.5) is 5.69 Å². The quantitative estimate of drug-likeness (QED) is 0.704. The van der Waals surface area contributed by atoms with E-state index in [4.69, 9.17) is 9.47 Å². The van der Waals surface area contributed by atoms with Crippen LogP contribution in [0, 0.1) is 6.92 Å². The van der Waals surface area contributed by atoms with E-state index in [2.05, 4.69) is 5.32 Å². The minimum Gasteiger partial charge on any atom is -0.493 e. The summed E-state index contributed by atoms with van der Waals surface area (Å²) in [6.45, 7) is 1.88. The van der Waals surface area contributed by atoms with Gasteiger partial charge in [-0.25, -0.2) is 0 Å². The molecular formula is C22H21NO3. The van der Waals surface area contributed by atoms with Crippen LogP contribution in [0.1, 0.15) is 5.56 Å². The highest BCUT2D eigenvalue weighted by Crippen LogP contribution is 2.29. The number of ether oxygens (including phenoxy) is 2. The summed E-state index contributed by atoms with van der Waals surface area (Å²) in [7, 11) is 1.58. The Morgan fingerprint density at radius 2 is 1.65 bits per heavy atom. The zero-order valence-electron chi connectivity index (χ0n) is 14.9. The minimum atomic E-state index is -0.226. The van der Waals surface area contributed by atoms with Crippen LogP contribution in [-0.4, -0.2) is 19.6 Å². The Bertz CT molecular complexity index is 891. The van der Waals surface area contributed by atoms with Gasteiger partial charge in [0.2, 0.25) is 0 Å².